The first-order valence-corrected chi connectivity index (χ1v) is 7.52. The number of anilines is 1. The minimum absolute atomic E-state index is 0.119. The lowest BCUT2D eigenvalue weighted by Gasteiger charge is -2.35. The normalized spacial score (nSPS) is 27.4. The first kappa shape index (κ1) is 13.6. The third-order valence-electron chi connectivity index (χ3n) is 4.37. The van der Waals surface area contributed by atoms with Gasteiger partial charge in [0.2, 0.25) is 5.91 Å². The molecule has 2 fully saturated rings. The topological polar surface area (TPSA) is 41.6 Å². The molecule has 1 amide bonds. The average Bonchev–Trinajstić information content (AvgIpc) is 2.99. The SMILES string of the molecule is O=C(Nc1ccccc1)C1CCCC1N1CCOCC1. The minimum Gasteiger partial charge on any atom is -0.379 e. The molecule has 1 N–H and O–H groups in total. The van der Waals surface area contributed by atoms with Gasteiger partial charge in [-0.3, -0.25) is 9.69 Å². The van der Waals surface area contributed by atoms with Gasteiger partial charge in [0, 0.05) is 24.8 Å². The summed E-state index contributed by atoms with van der Waals surface area (Å²) in [6.07, 6.45) is 3.28. The molecular weight excluding hydrogens is 252 g/mol. The van der Waals surface area contributed by atoms with E-state index in [9.17, 15) is 4.79 Å². The van der Waals surface area contributed by atoms with Gasteiger partial charge in [0.25, 0.3) is 0 Å². The number of hydrogen-bond acceptors (Lipinski definition) is 3. The van der Waals surface area contributed by atoms with Crippen molar-refractivity contribution in [1.29, 1.82) is 0 Å². The molecule has 0 bridgehead atoms. The van der Waals surface area contributed by atoms with E-state index in [1.807, 2.05) is 30.3 Å². The van der Waals surface area contributed by atoms with Crippen molar-refractivity contribution in [3.63, 3.8) is 0 Å². The number of para-hydroxylation sites is 1. The Morgan fingerprint density at radius 2 is 1.90 bits per heavy atom. The number of amides is 1. The van der Waals surface area contributed by atoms with Crippen LogP contribution in [0.15, 0.2) is 30.3 Å². The Morgan fingerprint density at radius 1 is 1.15 bits per heavy atom. The van der Waals surface area contributed by atoms with Crippen LogP contribution in [0, 0.1) is 5.92 Å². The van der Waals surface area contributed by atoms with Crippen LogP contribution in [0.4, 0.5) is 5.69 Å². The molecule has 108 valence electrons. The number of benzene rings is 1. The number of carbonyl (C=O) groups is 1. The Hall–Kier alpha value is -1.39. The van der Waals surface area contributed by atoms with Gasteiger partial charge in [-0.1, -0.05) is 24.6 Å². The molecule has 2 aliphatic rings. The molecule has 1 heterocycles. The quantitative estimate of drug-likeness (QED) is 0.918. The predicted octanol–water partition coefficient (Wildman–Crippen LogP) is 2.13. The van der Waals surface area contributed by atoms with Crippen molar-refractivity contribution in [1.82, 2.24) is 4.90 Å². The molecule has 2 atom stereocenters. The third kappa shape index (κ3) is 3.02. The zero-order valence-corrected chi connectivity index (χ0v) is 11.8. The number of nitrogens with one attached hydrogen (secondary N) is 1. The van der Waals surface area contributed by atoms with Crippen molar-refractivity contribution in [2.75, 3.05) is 31.6 Å². The van der Waals surface area contributed by atoms with Crippen molar-refractivity contribution < 1.29 is 9.53 Å². The molecule has 20 heavy (non-hydrogen) atoms. The van der Waals surface area contributed by atoms with Crippen LogP contribution in [0.25, 0.3) is 0 Å². The van der Waals surface area contributed by atoms with Crippen LogP contribution in [0.5, 0.6) is 0 Å². The van der Waals surface area contributed by atoms with E-state index in [0.29, 0.717) is 6.04 Å². The van der Waals surface area contributed by atoms with Gasteiger partial charge in [0.15, 0.2) is 0 Å². The van der Waals surface area contributed by atoms with Gasteiger partial charge in [0.1, 0.15) is 0 Å². The van der Waals surface area contributed by atoms with Crippen molar-refractivity contribution in [2.24, 2.45) is 5.92 Å². The van der Waals surface area contributed by atoms with Gasteiger partial charge in [-0.2, -0.15) is 0 Å². The monoisotopic (exact) mass is 274 g/mol. The van der Waals surface area contributed by atoms with Gasteiger partial charge < -0.3 is 10.1 Å². The summed E-state index contributed by atoms with van der Waals surface area (Å²) < 4.78 is 5.41. The predicted molar refractivity (Wildman–Crippen MR) is 78.6 cm³/mol. The summed E-state index contributed by atoms with van der Waals surface area (Å²) in [5.74, 6) is 0.290. The summed E-state index contributed by atoms with van der Waals surface area (Å²) in [5.41, 5.74) is 0.894. The van der Waals surface area contributed by atoms with Crippen LogP contribution in [-0.4, -0.2) is 43.2 Å². The lowest BCUT2D eigenvalue weighted by molar-refractivity contribution is -0.122. The molecule has 4 heteroatoms. The van der Waals surface area contributed by atoms with E-state index in [4.69, 9.17) is 4.74 Å². The summed E-state index contributed by atoms with van der Waals surface area (Å²) in [7, 11) is 0. The summed E-state index contributed by atoms with van der Waals surface area (Å²) in [5, 5.41) is 3.06. The maximum atomic E-state index is 12.5. The Morgan fingerprint density at radius 3 is 2.65 bits per heavy atom. The molecular formula is C16H22N2O2. The van der Waals surface area contributed by atoms with Gasteiger partial charge in [-0.15, -0.1) is 0 Å². The molecule has 1 saturated heterocycles. The largest absolute Gasteiger partial charge is 0.379 e. The molecule has 1 aliphatic heterocycles. The Balaban J connectivity index is 1.64. The van der Waals surface area contributed by atoms with Crippen molar-refractivity contribution in [3.8, 4) is 0 Å². The number of rotatable bonds is 3. The number of carbonyl (C=O) groups excluding carboxylic acids is 1. The van der Waals surface area contributed by atoms with Crippen molar-refractivity contribution in [2.45, 2.75) is 25.3 Å². The molecule has 1 saturated carbocycles. The number of ether oxygens (including phenoxy) is 1. The van der Waals surface area contributed by atoms with E-state index in [-0.39, 0.29) is 11.8 Å². The van der Waals surface area contributed by atoms with E-state index < -0.39 is 0 Å². The molecule has 3 rings (SSSR count). The lowest BCUT2D eigenvalue weighted by Crippen LogP contribution is -2.47. The Bertz CT molecular complexity index is 443. The van der Waals surface area contributed by atoms with Crippen LogP contribution in [0.1, 0.15) is 19.3 Å². The van der Waals surface area contributed by atoms with E-state index in [2.05, 4.69) is 10.2 Å². The highest BCUT2D eigenvalue weighted by Crippen LogP contribution is 2.31. The van der Waals surface area contributed by atoms with Crippen LogP contribution in [-0.2, 0) is 9.53 Å². The molecule has 0 aromatic heterocycles. The van der Waals surface area contributed by atoms with Crippen LogP contribution < -0.4 is 5.32 Å². The van der Waals surface area contributed by atoms with Gasteiger partial charge in [0.05, 0.1) is 19.1 Å². The number of hydrogen-bond donors (Lipinski definition) is 1. The van der Waals surface area contributed by atoms with Gasteiger partial charge >= 0.3 is 0 Å². The smallest absolute Gasteiger partial charge is 0.229 e. The summed E-state index contributed by atoms with van der Waals surface area (Å²) in [4.78, 5) is 14.9. The molecule has 2 unspecified atom stereocenters. The maximum absolute atomic E-state index is 12.5. The van der Waals surface area contributed by atoms with Crippen LogP contribution in [0.3, 0.4) is 0 Å². The second-order valence-electron chi connectivity index (χ2n) is 5.61. The van der Waals surface area contributed by atoms with Gasteiger partial charge in [-0.05, 0) is 25.0 Å². The van der Waals surface area contributed by atoms with E-state index in [1.165, 1.54) is 0 Å². The standard InChI is InChI=1S/C16H22N2O2/c19-16(17-13-5-2-1-3-6-13)14-7-4-8-15(14)18-9-11-20-12-10-18/h1-3,5-6,14-15H,4,7-12H2,(H,17,19). The lowest BCUT2D eigenvalue weighted by atomic mass is 10.0. The highest BCUT2D eigenvalue weighted by atomic mass is 16.5. The number of morpholine rings is 1. The minimum atomic E-state index is 0.119. The van der Waals surface area contributed by atoms with Crippen molar-refractivity contribution in [3.05, 3.63) is 30.3 Å². The fourth-order valence-corrected chi connectivity index (χ4v) is 3.35. The fraction of sp³-hybridized carbons (Fsp3) is 0.562. The number of nitrogens with zero attached hydrogens (tertiary/aromatic N) is 1. The highest BCUT2D eigenvalue weighted by Gasteiger charge is 2.37. The van der Waals surface area contributed by atoms with Crippen LogP contribution >= 0.6 is 0 Å². The molecule has 1 aromatic carbocycles. The summed E-state index contributed by atoms with van der Waals surface area (Å²) in [6.45, 7) is 3.51. The van der Waals surface area contributed by atoms with E-state index in [1.54, 1.807) is 0 Å². The van der Waals surface area contributed by atoms with Crippen LogP contribution in [0.2, 0.25) is 0 Å². The van der Waals surface area contributed by atoms with Gasteiger partial charge in [-0.25, -0.2) is 0 Å². The zero-order valence-electron chi connectivity index (χ0n) is 11.8. The Kier molecular flexibility index (Phi) is 4.33. The van der Waals surface area contributed by atoms with E-state index >= 15 is 0 Å². The molecule has 1 aliphatic carbocycles. The first-order valence-electron chi connectivity index (χ1n) is 7.52. The zero-order chi connectivity index (χ0) is 13.8. The van der Waals surface area contributed by atoms with E-state index in [0.717, 1.165) is 51.3 Å². The second-order valence-corrected chi connectivity index (χ2v) is 5.61. The molecule has 4 nitrogen and oxygen atoms in total. The first-order chi connectivity index (χ1) is 9.84. The molecule has 0 radical (unpaired) electrons. The van der Waals surface area contributed by atoms with Crippen molar-refractivity contribution >= 4 is 11.6 Å². The third-order valence-corrected chi connectivity index (χ3v) is 4.37. The average molecular weight is 274 g/mol. The fourth-order valence-electron chi connectivity index (χ4n) is 3.35. The highest BCUT2D eigenvalue weighted by molar-refractivity contribution is 5.93. The molecule has 0 spiro atoms. The summed E-state index contributed by atoms with van der Waals surface area (Å²) in [6, 6.07) is 10.1. The summed E-state index contributed by atoms with van der Waals surface area (Å²) >= 11 is 0. The Labute approximate surface area is 120 Å². The second kappa shape index (κ2) is 6.37. The maximum Gasteiger partial charge on any atom is 0.229 e. The molecule has 1 aromatic rings.